The Kier molecular flexibility index (Phi) is 5.09. The Morgan fingerprint density at radius 2 is 1.96 bits per heavy atom. The van der Waals surface area contributed by atoms with Crippen LogP contribution in [-0.2, 0) is 0 Å². The Morgan fingerprint density at radius 3 is 2.78 bits per heavy atom. The smallest absolute Gasteiger partial charge is 0.287 e. The summed E-state index contributed by atoms with van der Waals surface area (Å²) in [6.07, 6.45) is 0.944. The summed E-state index contributed by atoms with van der Waals surface area (Å²) < 4.78 is 5.91. The third-order valence-electron chi connectivity index (χ3n) is 5.32. The van der Waals surface area contributed by atoms with Crippen molar-refractivity contribution in [2.24, 2.45) is 0 Å². The van der Waals surface area contributed by atoms with Gasteiger partial charge in [0.15, 0.2) is 5.76 Å². The van der Waals surface area contributed by atoms with E-state index in [0.717, 1.165) is 66.7 Å². The molecule has 0 radical (unpaired) electrons. The van der Waals surface area contributed by atoms with Gasteiger partial charge >= 0.3 is 0 Å². The van der Waals surface area contributed by atoms with Crippen molar-refractivity contribution in [1.82, 2.24) is 20.1 Å². The molecule has 4 rings (SSSR count). The van der Waals surface area contributed by atoms with Gasteiger partial charge in [0.1, 0.15) is 5.58 Å². The number of rotatable bonds is 5. The van der Waals surface area contributed by atoms with Crippen molar-refractivity contribution in [3.8, 4) is 0 Å². The summed E-state index contributed by atoms with van der Waals surface area (Å²) in [6.45, 7) is 8.06. The highest BCUT2D eigenvalue weighted by atomic mass is 16.3. The fourth-order valence-electron chi connectivity index (χ4n) is 3.64. The molecule has 27 heavy (non-hydrogen) atoms. The lowest BCUT2D eigenvalue weighted by atomic mass is 10.1. The number of nitrogens with one attached hydrogen (secondary N) is 1. The standard InChI is InChI=1S/C21H26N4O2/c1-15-17-14-19(27-20(17)16-6-3-4-7-18(16)23-15)21(26)22-8-5-9-25-12-10-24(2)11-13-25/h3-4,6-7,14H,5,8-13H2,1-2H3,(H,22,26). The number of carbonyl (C=O) groups excluding carboxylic acids is 1. The first kappa shape index (κ1) is 17.9. The van der Waals surface area contributed by atoms with Gasteiger partial charge in [-0.25, -0.2) is 0 Å². The Bertz CT molecular complexity index is 957. The highest BCUT2D eigenvalue weighted by Crippen LogP contribution is 2.29. The van der Waals surface area contributed by atoms with Crippen LogP contribution in [0.1, 0.15) is 22.7 Å². The molecule has 1 N–H and O–H groups in total. The number of pyridine rings is 1. The van der Waals surface area contributed by atoms with Gasteiger partial charge in [0.05, 0.1) is 5.52 Å². The average molecular weight is 366 g/mol. The lowest BCUT2D eigenvalue weighted by Gasteiger charge is -2.32. The van der Waals surface area contributed by atoms with Crippen molar-refractivity contribution >= 4 is 27.8 Å². The zero-order valence-corrected chi connectivity index (χ0v) is 16.0. The van der Waals surface area contributed by atoms with Crippen LogP contribution in [0.2, 0.25) is 0 Å². The van der Waals surface area contributed by atoms with E-state index in [-0.39, 0.29) is 5.91 Å². The van der Waals surface area contributed by atoms with Crippen LogP contribution in [0.4, 0.5) is 0 Å². The minimum atomic E-state index is -0.159. The molecule has 2 aromatic heterocycles. The van der Waals surface area contributed by atoms with Crippen molar-refractivity contribution in [3.63, 3.8) is 0 Å². The zero-order valence-electron chi connectivity index (χ0n) is 16.0. The van der Waals surface area contributed by atoms with E-state index in [1.54, 1.807) is 6.07 Å². The third-order valence-corrected chi connectivity index (χ3v) is 5.32. The topological polar surface area (TPSA) is 61.6 Å². The number of piperazine rings is 1. The van der Waals surface area contributed by atoms with Crippen molar-refractivity contribution in [3.05, 3.63) is 41.8 Å². The summed E-state index contributed by atoms with van der Waals surface area (Å²) in [5.41, 5.74) is 2.50. The number of aromatic nitrogens is 1. The summed E-state index contributed by atoms with van der Waals surface area (Å²) in [5, 5.41) is 4.82. The van der Waals surface area contributed by atoms with E-state index in [9.17, 15) is 4.79 Å². The van der Waals surface area contributed by atoms with Crippen LogP contribution in [0.15, 0.2) is 34.7 Å². The molecule has 0 bridgehead atoms. The number of fused-ring (bicyclic) bond motifs is 3. The molecule has 1 aliphatic rings. The van der Waals surface area contributed by atoms with Gasteiger partial charge in [-0.2, -0.15) is 0 Å². The number of likely N-dealkylation sites (N-methyl/N-ethyl adjacent to an activating group) is 1. The summed E-state index contributed by atoms with van der Waals surface area (Å²) in [6, 6.07) is 9.66. The molecule has 0 saturated carbocycles. The molecule has 1 saturated heterocycles. The maximum absolute atomic E-state index is 12.5. The highest BCUT2D eigenvalue weighted by molar-refractivity contribution is 6.06. The first-order chi connectivity index (χ1) is 13.1. The lowest BCUT2D eigenvalue weighted by Crippen LogP contribution is -2.45. The van der Waals surface area contributed by atoms with Crippen molar-refractivity contribution in [1.29, 1.82) is 0 Å². The van der Waals surface area contributed by atoms with Crippen LogP contribution in [0.5, 0.6) is 0 Å². The van der Waals surface area contributed by atoms with Crippen LogP contribution in [0, 0.1) is 6.92 Å². The number of furan rings is 1. The van der Waals surface area contributed by atoms with E-state index in [2.05, 4.69) is 27.1 Å². The van der Waals surface area contributed by atoms with Crippen LogP contribution >= 0.6 is 0 Å². The van der Waals surface area contributed by atoms with Gasteiger partial charge in [-0.15, -0.1) is 0 Å². The fourth-order valence-corrected chi connectivity index (χ4v) is 3.64. The summed E-state index contributed by atoms with van der Waals surface area (Å²) in [5.74, 6) is 0.193. The summed E-state index contributed by atoms with van der Waals surface area (Å²) in [7, 11) is 2.16. The van der Waals surface area contributed by atoms with Crippen molar-refractivity contribution < 1.29 is 9.21 Å². The molecular weight excluding hydrogens is 340 g/mol. The van der Waals surface area contributed by atoms with Crippen LogP contribution in [-0.4, -0.2) is 67.0 Å². The second kappa shape index (κ2) is 7.66. The summed E-state index contributed by atoms with van der Waals surface area (Å²) in [4.78, 5) is 21.9. The summed E-state index contributed by atoms with van der Waals surface area (Å²) >= 11 is 0. The van der Waals surface area contributed by atoms with Gasteiger partial charge in [0.25, 0.3) is 5.91 Å². The van der Waals surface area contributed by atoms with E-state index in [1.807, 2.05) is 31.2 Å². The number of nitrogens with zero attached hydrogens (tertiary/aromatic N) is 3. The maximum atomic E-state index is 12.5. The highest BCUT2D eigenvalue weighted by Gasteiger charge is 2.17. The minimum absolute atomic E-state index is 0.159. The molecule has 3 aromatic rings. The average Bonchev–Trinajstić information content (AvgIpc) is 3.13. The van der Waals surface area contributed by atoms with Crippen molar-refractivity contribution in [2.45, 2.75) is 13.3 Å². The van der Waals surface area contributed by atoms with Crippen LogP contribution in [0.3, 0.4) is 0 Å². The monoisotopic (exact) mass is 366 g/mol. The van der Waals surface area contributed by atoms with E-state index < -0.39 is 0 Å². The number of benzene rings is 1. The Labute approximate surface area is 159 Å². The van der Waals surface area contributed by atoms with E-state index >= 15 is 0 Å². The van der Waals surface area contributed by atoms with Gasteiger partial charge in [0, 0.05) is 49.2 Å². The van der Waals surface area contributed by atoms with E-state index in [1.165, 1.54) is 0 Å². The van der Waals surface area contributed by atoms with E-state index in [0.29, 0.717) is 12.3 Å². The zero-order chi connectivity index (χ0) is 18.8. The second-order valence-electron chi connectivity index (χ2n) is 7.32. The largest absolute Gasteiger partial charge is 0.450 e. The molecule has 3 heterocycles. The molecule has 6 heteroatoms. The second-order valence-corrected chi connectivity index (χ2v) is 7.32. The number of para-hydroxylation sites is 1. The van der Waals surface area contributed by atoms with Crippen LogP contribution < -0.4 is 5.32 Å². The molecule has 1 fully saturated rings. The van der Waals surface area contributed by atoms with E-state index in [4.69, 9.17) is 4.42 Å². The number of carbonyl (C=O) groups is 1. The Balaban J connectivity index is 1.39. The molecule has 0 atom stereocenters. The number of amides is 1. The predicted molar refractivity (Wildman–Crippen MR) is 107 cm³/mol. The molecular formula is C21H26N4O2. The quantitative estimate of drug-likeness (QED) is 0.704. The Morgan fingerprint density at radius 1 is 1.19 bits per heavy atom. The number of aryl methyl sites for hydroxylation is 1. The third kappa shape index (κ3) is 3.82. The minimum Gasteiger partial charge on any atom is -0.450 e. The number of hydrogen-bond acceptors (Lipinski definition) is 5. The molecule has 142 valence electrons. The fraction of sp³-hybridized carbons (Fsp3) is 0.429. The molecule has 0 aliphatic carbocycles. The van der Waals surface area contributed by atoms with Gasteiger partial charge in [-0.3, -0.25) is 9.78 Å². The van der Waals surface area contributed by atoms with Crippen molar-refractivity contribution in [2.75, 3.05) is 46.3 Å². The first-order valence-corrected chi connectivity index (χ1v) is 9.60. The lowest BCUT2D eigenvalue weighted by molar-refractivity contribution is 0.0924. The first-order valence-electron chi connectivity index (χ1n) is 9.60. The molecule has 0 spiro atoms. The molecule has 1 aliphatic heterocycles. The molecule has 1 aromatic carbocycles. The van der Waals surface area contributed by atoms with Crippen LogP contribution in [0.25, 0.3) is 21.9 Å². The molecule has 1 amide bonds. The van der Waals surface area contributed by atoms with Gasteiger partial charge in [-0.05, 0) is 45.1 Å². The maximum Gasteiger partial charge on any atom is 0.287 e. The van der Waals surface area contributed by atoms with Gasteiger partial charge in [-0.1, -0.05) is 12.1 Å². The molecule has 6 nitrogen and oxygen atoms in total. The van der Waals surface area contributed by atoms with Gasteiger partial charge < -0.3 is 19.5 Å². The number of hydrogen-bond donors (Lipinski definition) is 1. The predicted octanol–water partition coefficient (Wildman–Crippen LogP) is 2.66. The Hall–Kier alpha value is -2.44. The SMILES string of the molecule is Cc1nc2ccccc2c2oc(C(=O)NCCCN3CCN(C)CC3)cc12. The normalized spacial score (nSPS) is 16.2. The van der Waals surface area contributed by atoms with Gasteiger partial charge in [0.2, 0.25) is 0 Å². The molecule has 0 unspecified atom stereocenters.